The predicted octanol–water partition coefficient (Wildman–Crippen LogP) is 4.05. The molecule has 2 aromatic rings. The van der Waals surface area contributed by atoms with E-state index in [-0.39, 0.29) is 24.0 Å². The number of benzene rings is 2. The van der Waals surface area contributed by atoms with E-state index in [4.69, 9.17) is 14.2 Å². The largest absolute Gasteiger partial charge is 0.493 e. The molecular formula is C25H37IN4O3. The molecule has 2 N–H and O–H groups in total. The Morgan fingerprint density at radius 1 is 1.06 bits per heavy atom. The van der Waals surface area contributed by atoms with Crippen LogP contribution in [0.1, 0.15) is 30.9 Å². The van der Waals surface area contributed by atoms with Crippen LogP contribution < -0.4 is 24.8 Å². The summed E-state index contributed by atoms with van der Waals surface area (Å²) in [5, 5.41) is 6.89. The molecule has 0 bridgehead atoms. The molecule has 0 saturated carbocycles. The molecule has 0 aliphatic carbocycles. The van der Waals surface area contributed by atoms with Gasteiger partial charge in [-0.05, 0) is 49.6 Å². The number of guanidine groups is 1. The SMILES string of the molecule is CCOc1c(OC)cc(CNC(=NC)NCC2CCCN2Cc2ccccc2)cc1OC.I. The van der Waals surface area contributed by atoms with Crippen LogP contribution in [0.4, 0.5) is 0 Å². The third kappa shape index (κ3) is 7.67. The fraction of sp³-hybridized carbons (Fsp3) is 0.480. The highest BCUT2D eigenvalue weighted by atomic mass is 127. The van der Waals surface area contributed by atoms with Crippen LogP contribution in [-0.2, 0) is 13.1 Å². The first-order valence-electron chi connectivity index (χ1n) is 11.3. The van der Waals surface area contributed by atoms with E-state index >= 15 is 0 Å². The molecule has 1 atom stereocenters. The van der Waals surface area contributed by atoms with E-state index in [0.29, 0.717) is 36.4 Å². The minimum Gasteiger partial charge on any atom is -0.493 e. The molecule has 8 heteroatoms. The van der Waals surface area contributed by atoms with E-state index < -0.39 is 0 Å². The van der Waals surface area contributed by atoms with Gasteiger partial charge >= 0.3 is 0 Å². The quantitative estimate of drug-likeness (QED) is 0.256. The van der Waals surface area contributed by atoms with Crippen LogP contribution in [0.5, 0.6) is 17.2 Å². The zero-order valence-corrected chi connectivity index (χ0v) is 22.4. The van der Waals surface area contributed by atoms with Crippen LogP contribution in [0.15, 0.2) is 47.5 Å². The van der Waals surface area contributed by atoms with Gasteiger partial charge in [0.25, 0.3) is 0 Å². The summed E-state index contributed by atoms with van der Waals surface area (Å²) in [5.41, 5.74) is 2.39. The molecule has 0 aromatic heterocycles. The van der Waals surface area contributed by atoms with E-state index in [1.54, 1.807) is 21.3 Å². The standard InChI is InChI=1S/C25H36N4O3.HI/c1-5-32-24-22(30-3)14-20(15-23(24)31-4)16-27-25(26-2)28-17-21-12-9-13-29(21)18-19-10-7-6-8-11-19;/h6-8,10-11,14-15,21H,5,9,12-13,16-18H2,1-4H3,(H2,26,27,28);1H. The smallest absolute Gasteiger partial charge is 0.203 e. The Kier molecular flexibility index (Phi) is 11.6. The van der Waals surface area contributed by atoms with Gasteiger partial charge in [0.1, 0.15) is 0 Å². The van der Waals surface area contributed by atoms with Crippen molar-refractivity contribution >= 4 is 29.9 Å². The van der Waals surface area contributed by atoms with Gasteiger partial charge in [-0.15, -0.1) is 24.0 Å². The summed E-state index contributed by atoms with van der Waals surface area (Å²) in [6.07, 6.45) is 2.43. The second-order valence-corrected chi connectivity index (χ2v) is 7.82. The summed E-state index contributed by atoms with van der Waals surface area (Å²) in [5.74, 6) is 2.73. The van der Waals surface area contributed by atoms with Crippen LogP contribution in [0.25, 0.3) is 0 Å². The maximum absolute atomic E-state index is 5.69. The molecule has 1 saturated heterocycles. The zero-order valence-electron chi connectivity index (χ0n) is 20.1. The zero-order chi connectivity index (χ0) is 22.8. The fourth-order valence-corrected chi connectivity index (χ4v) is 4.10. The van der Waals surface area contributed by atoms with Crippen LogP contribution in [0, 0.1) is 0 Å². The Bertz CT molecular complexity index is 854. The Labute approximate surface area is 214 Å². The molecule has 1 aliphatic rings. The third-order valence-corrected chi connectivity index (χ3v) is 5.73. The van der Waals surface area contributed by atoms with Crippen molar-refractivity contribution in [3.8, 4) is 17.2 Å². The highest BCUT2D eigenvalue weighted by Gasteiger charge is 2.24. The molecule has 33 heavy (non-hydrogen) atoms. The van der Waals surface area contributed by atoms with Gasteiger partial charge in [0.2, 0.25) is 5.75 Å². The molecule has 7 nitrogen and oxygen atoms in total. The first kappa shape index (κ1) is 27.0. The van der Waals surface area contributed by atoms with Crippen molar-refractivity contribution in [1.82, 2.24) is 15.5 Å². The summed E-state index contributed by atoms with van der Waals surface area (Å²) in [7, 11) is 5.07. The number of nitrogens with zero attached hydrogens (tertiary/aromatic N) is 2. The highest BCUT2D eigenvalue weighted by Crippen LogP contribution is 2.38. The van der Waals surface area contributed by atoms with Gasteiger partial charge in [-0.25, -0.2) is 0 Å². The lowest BCUT2D eigenvalue weighted by molar-refractivity contribution is 0.245. The number of rotatable bonds is 10. The van der Waals surface area contributed by atoms with Gasteiger partial charge in [0, 0.05) is 32.7 Å². The maximum Gasteiger partial charge on any atom is 0.203 e. The first-order chi connectivity index (χ1) is 15.7. The van der Waals surface area contributed by atoms with Crippen LogP contribution in [0.3, 0.4) is 0 Å². The van der Waals surface area contributed by atoms with Gasteiger partial charge in [-0.3, -0.25) is 9.89 Å². The van der Waals surface area contributed by atoms with Crippen molar-refractivity contribution in [3.05, 3.63) is 53.6 Å². The fourth-order valence-electron chi connectivity index (χ4n) is 4.10. The number of ether oxygens (including phenoxy) is 3. The number of likely N-dealkylation sites (tertiary alicyclic amines) is 1. The minimum atomic E-state index is 0. The normalized spacial score (nSPS) is 16.1. The van der Waals surface area contributed by atoms with Gasteiger partial charge in [0.05, 0.1) is 20.8 Å². The molecule has 1 heterocycles. The van der Waals surface area contributed by atoms with E-state index in [0.717, 1.165) is 31.2 Å². The van der Waals surface area contributed by atoms with Crippen LogP contribution in [-0.4, -0.2) is 57.9 Å². The van der Waals surface area contributed by atoms with Gasteiger partial charge in [0.15, 0.2) is 17.5 Å². The van der Waals surface area contributed by atoms with Crippen molar-refractivity contribution in [2.45, 2.75) is 38.9 Å². The topological polar surface area (TPSA) is 67.4 Å². The Balaban J connectivity index is 0.00000385. The van der Waals surface area contributed by atoms with Crippen LogP contribution >= 0.6 is 24.0 Å². The Morgan fingerprint density at radius 2 is 1.76 bits per heavy atom. The molecule has 3 rings (SSSR count). The van der Waals surface area contributed by atoms with Crippen molar-refractivity contribution in [1.29, 1.82) is 0 Å². The Hall–Kier alpha value is -2.20. The first-order valence-corrected chi connectivity index (χ1v) is 11.3. The summed E-state index contributed by atoms with van der Waals surface area (Å²) >= 11 is 0. The average molecular weight is 569 g/mol. The number of aliphatic imine (C=N–C) groups is 1. The van der Waals surface area contributed by atoms with Crippen molar-refractivity contribution in [3.63, 3.8) is 0 Å². The molecule has 0 amide bonds. The molecule has 1 unspecified atom stereocenters. The summed E-state index contributed by atoms with van der Waals surface area (Å²) < 4.78 is 16.7. The second-order valence-electron chi connectivity index (χ2n) is 7.82. The molecule has 2 aromatic carbocycles. The monoisotopic (exact) mass is 568 g/mol. The van der Waals surface area contributed by atoms with Crippen molar-refractivity contribution < 1.29 is 14.2 Å². The molecule has 0 radical (unpaired) electrons. The molecular weight excluding hydrogens is 531 g/mol. The number of methoxy groups -OCH3 is 2. The van der Waals surface area contributed by atoms with E-state index in [2.05, 4.69) is 50.9 Å². The van der Waals surface area contributed by atoms with Gasteiger partial charge in [-0.2, -0.15) is 0 Å². The molecule has 182 valence electrons. The Morgan fingerprint density at radius 3 is 2.36 bits per heavy atom. The van der Waals surface area contributed by atoms with Crippen molar-refractivity contribution in [2.75, 3.05) is 41.0 Å². The van der Waals surface area contributed by atoms with E-state index in [9.17, 15) is 0 Å². The summed E-state index contributed by atoms with van der Waals surface area (Å²) in [6, 6.07) is 15.1. The second kappa shape index (κ2) is 14.1. The number of nitrogens with one attached hydrogen (secondary N) is 2. The molecule has 1 fully saturated rings. The number of hydrogen-bond acceptors (Lipinski definition) is 5. The maximum atomic E-state index is 5.69. The number of halogens is 1. The molecule has 0 spiro atoms. The lowest BCUT2D eigenvalue weighted by atomic mass is 10.1. The van der Waals surface area contributed by atoms with E-state index in [1.165, 1.54) is 18.4 Å². The third-order valence-electron chi connectivity index (χ3n) is 5.73. The molecule has 1 aliphatic heterocycles. The summed E-state index contributed by atoms with van der Waals surface area (Å²) in [4.78, 5) is 6.95. The minimum absolute atomic E-state index is 0. The lowest BCUT2D eigenvalue weighted by Gasteiger charge is -2.25. The number of hydrogen-bond donors (Lipinski definition) is 2. The average Bonchev–Trinajstić information content (AvgIpc) is 3.27. The van der Waals surface area contributed by atoms with Crippen LogP contribution in [0.2, 0.25) is 0 Å². The highest BCUT2D eigenvalue weighted by molar-refractivity contribution is 14.0. The van der Waals surface area contributed by atoms with Gasteiger partial charge < -0.3 is 24.8 Å². The summed E-state index contributed by atoms with van der Waals surface area (Å²) in [6.45, 7) is 6.07. The van der Waals surface area contributed by atoms with Crippen molar-refractivity contribution in [2.24, 2.45) is 4.99 Å². The van der Waals surface area contributed by atoms with E-state index in [1.807, 2.05) is 19.1 Å². The van der Waals surface area contributed by atoms with Gasteiger partial charge in [-0.1, -0.05) is 30.3 Å². The lowest BCUT2D eigenvalue weighted by Crippen LogP contribution is -2.44. The predicted molar refractivity (Wildman–Crippen MR) is 144 cm³/mol.